The van der Waals surface area contributed by atoms with Crippen molar-refractivity contribution in [2.75, 3.05) is 6.54 Å². The van der Waals surface area contributed by atoms with Crippen molar-refractivity contribution >= 4 is 17.7 Å². The van der Waals surface area contributed by atoms with E-state index >= 15 is 0 Å². The van der Waals surface area contributed by atoms with Gasteiger partial charge in [-0.25, -0.2) is 0 Å². The van der Waals surface area contributed by atoms with Crippen LogP contribution in [0.3, 0.4) is 0 Å². The molecule has 7 heteroatoms. The van der Waals surface area contributed by atoms with Crippen LogP contribution >= 0.6 is 11.8 Å². The van der Waals surface area contributed by atoms with Crippen LogP contribution in [0.25, 0.3) is 11.5 Å². The molecule has 0 bridgehead atoms. The first-order chi connectivity index (χ1) is 10.6. The van der Waals surface area contributed by atoms with Crippen molar-refractivity contribution in [3.63, 3.8) is 0 Å². The highest BCUT2D eigenvalue weighted by molar-refractivity contribution is 8.00. The molecular formula is C15H20N4O2S. The third-order valence-corrected chi connectivity index (χ3v) is 3.94. The van der Waals surface area contributed by atoms with Gasteiger partial charge in [0.25, 0.3) is 5.22 Å². The number of hydrogen-bond donors (Lipinski definition) is 1. The Morgan fingerprint density at radius 2 is 2.00 bits per heavy atom. The van der Waals surface area contributed by atoms with Gasteiger partial charge in [-0.1, -0.05) is 25.6 Å². The molecule has 0 aliphatic rings. The largest absolute Gasteiger partial charge is 0.411 e. The maximum absolute atomic E-state index is 12.0. The summed E-state index contributed by atoms with van der Waals surface area (Å²) in [5.74, 6) is 0.980. The number of hydrogen-bond acceptors (Lipinski definition) is 6. The summed E-state index contributed by atoms with van der Waals surface area (Å²) in [6, 6.07) is 3.59. The highest BCUT2D eigenvalue weighted by Gasteiger charge is 2.18. The van der Waals surface area contributed by atoms with Gasteiger partial charge in [-0.2, -0.15) is 0 Å². The fourth-order valence-electron chi connectivity index (χ4n) is 1.70. The topological polar surface area (TPSA) is 80.9 Å². The average Bonchev–Trinajstić information content (AvgIpc) is 2.96. The van der Waals surface area contributed by atoms with E-state index in [-0.39, 0.29) is 11.2 Å². The molecule has 22 heavy (non-hydrogen) atoms. The van der Waals surface area contributed by atoms with Crippen LogP contribution in [-0.4, -0.2) is 32.9 Å². The van der Waals surface area contributed by atoms with Gasteiger partial charge in [0.1, 0.15) is 0 Å². The van der Waals surface area contributed by atoms with E-state index in [0.29, 0.717) is 23.6 Å². The molecule has 0 saturated carbocycles. The number of nitrogens with one attached hydrogen (secondary N) is 1. The zero-order chi connectivity index (χ0) is 15.9. The van der Waals surface area contributed by atoms with Crippen molar-refractivity contribution in [1.82, 2.24) is 20.5 Å². The van der Waals surface area contributed by atoms with E-state index in [4.69, 9.17) is 4.42 Å². The summed E-state index contributed by atoms with van der Waals surface area (Å²) in [7, 11) is 0. The highest BCUT2D eigenvalue weighted by atomic mass is 32.2. The first-order valence-corrected chi connectivity index (χ1v) is 8.12. The Morgan fingerprint density at radius 1 is 1.27 bits per heavy atom. The molecule has 2 heterocycles. The van der Waals surface area contributed by atoms with Gasteiger partial charge >= 0.3 is 0 Å². The Kier molecular flexibility index (Phi) is 5.94. The number of thioether (sulfide) groups is 1. The van der Waals surface area contributed by atoms with E-state index in [1.165, 1.54) is 11.8 Å². The predicted molar refractivity (Wildman–Crippen MR) is 85.3 cm³/mol. The molecule has 0 unspecified atom stereocenters. The van der Waals surface area contributed by atoms with Crippen molar-refractivity contribution in [1.29, 1.82) is 0 Å². The van der Waals surface area contributed by atoms with Crippen LogP contribution in [-0.2, 0) is 4.79 Å². The van der Waals surface area contributed by atoms with Crippen molar-refractivity contribution in [2.45, 2.75) is 37.7 Å². The third kappa shape index (κ3) is 4.84. The van der Waals surface area contributed by atoms with Gasteiger partial charge in [0.15, 0.2) is 0 Å². The number of aromatic nitrogens is 3. The average molecular weight is 320 g/mol. The number of amides is 1. The summed E-state index contributed by atoms with van der Waals surface area (Å²) in [5, 5.41) is 11.0. The SMILES string of the molecule is CC(C)CCNC(=O)[C@H](C)Sc1nnc(-c2ccncc2)o1. The van der Waals surface area contributed by atoms with E-state index in [9.17, 15) is 4.79 Å². The van der Waals surface area contributed by atoms with Gasteiger partial charge in [-0.05, 0) is 31.4 Å². The predicted octanol–water partition coefficient (Wildman–Crippen LogP) is 2.77. The standard InChI is InChI=1S/C15H20N4O2S/c1-10(2)4-9-17-13(20)11(3)22-15-19-18-14(21-15)12-5-7-16-8-6-12/h5-8,10-11H,4,9H2,1-3H3,(H,17,20)/t11-/m0/s1. The van der Waals surface area contributed by atoms with Gasteiger partial charge in [0, 0.05) is 24.5 Å². The van der Waals surface area contributed by atoms with E-state index in [1.54, 1.807) is 24.5 Å². The fraction of sp³-hybridized carbons (Fsp3) is 0.467. The summed E-state index contributed by atoms with van der Waals surface area (Å²) in [5.41, 5.74) is 0.809. The fourth-order valence-corrected chi connectivity index (χ4v) is 2.41. The maximum Gasteiger partial charge on any atom is 0.277 e. The number of rotatable bonds is 7. The van der Waals surface area contributed by atoms with Crippen molar-refractivity contribution in [3.8, 4) is 11.5 Å². The number of carbonyl (C=O) groups excluding carboxylic acids is 1. The van der Waals surface area contributed by atoms with Gasteiger partial charge in [-0.3, -0.25) is 9.78 Å². The number of carbonyl (C=O) groups is 1. The monoisotopic (exact) mass is 320 g/mol. The zero-order valence-electron chi connectivity index (χ0n) is 12.9. The lowest BCUT2D eigenvalue weighted by Crippen LogP contribution is -2.32. The van der Waals surface area contributed by atoms with Gasteiger partial charge in [0.2, 0.25) is 11.8 Å². The molecule has 6 nitrogen and oxygen atoms in total. The zero-order valence-corrected chi connectivity index (χ0v) is 13.8. The van der Waals surface area contributed by atoms with Gasteiger partial charge < -0.3 is 9.73 Å². The van der Waals surface area contributed by atoms with Crippen LogP contribution in [0.5, 0.6) is 0 Å². The van der Waals surface area contributed by atoms with E-state index < -0.39 is 0 Å². The lowest BCUT2D eigenvalue weighted by Gasteiger charge is -2.10. The Hall–Kier alpha value is -1.89. The Morgan fingerprint density at radius 3 is 2.68 bits per heavy atom. The maximum atomic E-state index is 12.0. The lowest BCUT2D eigenvalue weighted by atomic mass is 10.1. The molecule has 0 aliphatic carbocycles. The summed E-state index contributed by atoms with van der Waals surface area (Å²) in [4.78, 5) is 15.9. The van der Waals surface area contributed by atoms with Crippen LogP contribution in [0.1, 0.15) is 27.2 Å². The van der Waals surface area contributed by atoms with Crippen LogP contribution < -0.4 is 5.32 Å². The second kappa shape index (κ2) is 7.93. The molecule has 0 spiro atoms. The second-order valence-corrected chi connectivity index (χ2v) is 6.63. The Labute approximate surface area is 134 Å². The smallest absolute Gasteiger partial charge is 0.277 e. The molecule has 2 aromatic heterocycles. The summed E-state index contributed by atoms with van der Waals surface area (Å²) in [6.07, 6.45) is 4.30. The normalized spacial score (nSPS) is 12.4. The highest BCUT2D eigenvalue weighted by Crippen LogP contribution is 2.25. The third-order valence-electron chi connectivity index (χ3n) is 3.00. The second-order valence-electron chi connectivity index (χ2n) is 5.34. The molecule has 1 N–H and O–H groups in total. The molecule has 0 fully saturated rings. The van der Waals surface area contributed by atoms with E-state index in [2.05, 4.69) is 34.3 Å². The minimum atomic E-state index is -0.280. The van der Waals surface area contributed by atoms with Crippen molar-refractivity contribution in [2.24, 2.45) is 5.92 Å². The lowest BCUT2D eigenvalue weighted by molar-refractivity contribution is -0.120. The molecule has 0 saturated heterocycles. The van der Waals surface area contributed by atoms with Gasteiger partial charge in [0.05, 0.1) is 5.25 Å². The minimum Gasteiger partial charge on any atom is -0.411 e. The van der Waals surface area contributed by atoms with Crippen LogP contribution in [0.4, 0.5) is 0 Å². The molecule has 1 amide bonds. The van der Waals surface area contributed by atoms with Crippen LogP contribution in [0.15, 0.2) is 34.2 Å². The first kappa shape index (κ1) is 16.5. The van der Waals surface area contributed by atoms with Crippen molar-refractivity contribution in [3.05, 3.63) is 24.5 Å². The van der Waals surface area contributed by atoms with Crippen molar-refractivity contribution < 1.29 is 9.21 Å². The molecule has 0 radical (unpaired) electrons. The van der Waals surface area contributed by atoms with E-state index in [1.807, 2.05) is 6.92 Å². The van der Waals surface area contributed by atoms with Gasteiger partial charge in [-0.15, -0.1) is 10.2 Å². The molecule has 118 valence electrons. The molecule has 0 aromatic carbocycles. The van der Waals surface area contributed by atoms with Crippen LogP contribution in [0, 0.1) is 5.92 Å². The number of nitrogens with zero attached hydrogens (tertiary/aromatic N) is 3. The van der Waals surface area contributed by atoms with E-state index in [0.717, 1.165) is 12.0 Å². The molecule has 1 atom stereocenters. The Bertz CT molecular complexity index is 601. The first-order valence-electron chi connectivity index (χ1n) is 7.24. The molecular weight excluding hydrogens is 300 g/mol. The molecule has 0 aliphatic heterocycles. The van der Waals surface area contributed by atoms with Crippen LogP contribution in [0.2, 0.25) is 0 Å². The summed E-state index contributed by atoms with van der Waals surface area (Å²) < 4.78 is 5.57. The molecule has 2 aromatic rings. The molecule has 2 rings (SSSR count). The minimum absolute atomic E-state index is 0.0192. The summed E-state index contributed by atoms with van der Waals surface area (Å²) in [6.45, 7) is 6.77. The number of pyridine rings is 1. The summed E-state index contributed by atoms with van der Waals surface area (Å²) >= 11 is 1.26. The Balaban J connectivity index is 1.88. The quantitative estimate of drug-likeness (QED) is 0.790.